The Morgan fingerprint density at radius 1 is 0.886 bits per heavy atom. The van der Waals surface area contributed by atoms with Gasteiger partial charge >= 0.3 is 0 Å². The summed E-state index contributed by atoms with van der Waals surface area (Å²) in [6, 6.07) is 19.8. The molecule has 7 nitrogen and oxygen atoms in total. The normalized spacial score (nSPS) is 12.8. The van der Waals surface area contributed by atoms with Crippen molar-refractivity contribution in [2.24, 2.45) is 0 Å². The number of likely N-dealkylation sites (N-methyl/N-ethyl adjacent to an activating group) is 1. The summed E-state index contributed by atoms with van der Waals surface area (Å²) in [5.74, 6) is -1.13. The summed E-state index contributed by atoms with van der Waals surface area (Å²) < 4.78 is 13.1. The molecule has 35 heavy (non-hydrogen) atoms. The first-order valence-corrected chi connectivity index (χ1v) is 11.4. The number of rotatable bonds is 9. The number of amides is 3. The Bertz CT molecular complexity index is 1210. The highest BCUT2D eigenvalue weighted by Crippen LogP contribution is 2.20. The molecule has 3 N–H and O–H groups in total. The van der Waals surface area contributed by atoms with Gasteiger partial charge in [0.25, 0.3) is 11.8 Å². The van der Waals surface area contributed by atoms with Crippen molar-refractivity contribution in [3.05, 3.63) is 95.3 Å². The summed E-state index contributed by atoms with van der Waals surface area (Å²) in [6.45, 7) is 0.627. The van der Waals surface area contributed by atoms with Crippen molar-refractivity contribution >= 4 is 29.1 Å². The smallest absolute Gasteiger partial charge is 0.257 e. The molecule has 1 saturated carbocycles. The zero-order chi connectivity index (χ0) is 24.8. The van der Waals surface area contributed by atoms with Gasteiger partial charge in [0.15, 0.2) is 0 Å². The van der Waals surface area contributed by atoms with Crippen LogP contribution in [0.3, 0.4) is 0 Å². The number of anilines is 2. The van der Waals surface area contributed by atoms with Crippen LogP contribution in [0.4, 0.5) is 15.8 Å². The molecule has 3 aromatic rings. The molecule has 0 atom stereocenters. The number of hydrogen-bond donors (Lipinski definition) is 3. The van der Waals surface area contributed by atoms with Crippen LogP contribution in [0.2, 0.25) is 0 Å². The molecule has 0 saturated heterocycles. The first-order chi connectivity index (χ1) is 16.9. The Morgan fingerprint density at radius 3 is 2.26 bits per heavy atom. The Kier molecular flexibility index (Phi) is 7.52. The average molecular weight is 475 g/mol. The van der Waals surface area contributed by atoms with E-state index in [2.05, 4.69) is 16.0 Å². The standard InChI is InChI=1S/C27H27FN4O3/c1-32(16-18-6-8-19(9-7-18)26(34)29-22-14-15-22)17-25(33)31-24-5-3-2-4-23(24)27(35)30-21-12-10-20(28)11-13-21/h2-13,22H,14-17H2,1H3,(H,29,34)(H,30,35)(H,31,33). The third-order valence-corrected chi connectivity index (χ3v) is 5.54. The Morgan fingerprint density at radius 2 is 1.57 bits per heavy atom. The predicted octanol–water partition coefficient (Wildman–Crippen LogP) is 4.04. The fourth-order valence-electron chi connectivity index (χ4n) is 3.58. The SMILES string of the molecule is CN(CC(=O)Nc1ccccc1C(=O)Nc1ccc(F)cc1)Cc1ccc(C(=O)NC2CC2)cc1. The van der Waals surface area contributed by atoms with Gasteiger partial charge in [0.2, 0.25) is 5.91 Å². The summed E-state index contributed by atoms with van der Waals surface area (Å²) >= 11 is 0. The number of nitrogens with zero attached hydrogens (tertiary/aromatic N) is 1. The molecule has 4 rings (SSSR count). The summed E-state index contributed by atoms with van der Waals surface area (Å²) in [4.78, 5) is 39.3. The Hall–Kier alpha value is -4.04. The maximum Gasteiger partial charge on any atom is 0.257 e. The first-order valence-electron chi connectivity index (χ1n) is 11.4. The van der Waals surface area contributed by atoms with Gasteiger partial charge in [0.1, 0.15) is 5.82 Å². The predicted molar refractivity (Wildman–Crippen MR) is 133 cm³/mol. The van der Waals surface area contributed by atoms with E-state index in [1.165, 1.54) is 24.3 Å². The van der Waals surface area contributed by atoms with E-state index in [9.17, 15) is 18.8 Å². The van der Waals surface area contributed by atoms with Crippen LogP contribution in [-0.4, -0.2) is 42.3 Å². The highest BCUT2D eigenvalue weighted by Gasteiger charge is 2.23. The number of halogens is 1. The zero-order valence-electron chi connectivity index (χ0n) is 19.4. The number of nitrogens with one attached hydrogen (secondary N) is 3. The summed E-state index contributed by atoms with van der Waals surface area (Å²) in [7, 11) is 1.82. The second kappa shape index (κ2) is 10.9. The first kappa shape index (κ1) is 24.1. The lowest BCUT2D eigenvalue weighted by Crippen LogP contribution is -2.30. The molecular formula is C27H27FN4O3. The number of benzene rings is 3. The number of hydrogen-bond acceptors (Lipinski definition) is 4. The molecule has 1 aliphatic rings. The van der Waals surface area contributed by atoms with E-state index in [1.807, 2.05) is 24.1 Å². The minimum absolute atomic E-state index is 0.0612. The van der Waals surface area contributed by atoms with Crippen LogP contribution in [0.5, 0.6) is 0 Å². The van der Waals surface area contributed by atoms with Gasteiger partial charge in [-0.25, -0.2) is 4.39 Å². The number of carbonyl (C=O) groups is 3. The molecule has 0 radical (unpaired) electrons. The van der Waals surface area contributed by atoms with Crippen molar-refractivity contribution in [3.8, 4) is 0 Å². The Balaban J connectivity index is 1.31. The van der Waals surface area contributed by atoms with Gasteiger partial charge in [0.05, 0.1) is 17.8 Å². The molecule has 0 bridgehead atoms. The van der Waals surface area contributed by atoms with E-state index >= 15 is 0 Å². The van der Waals surface area contributed by atoms with Crippen LogP contribution in [-0.2, 0) is 11.3 Å². The molecule has 0 aromatic heterocycles. The van der Waals surface area contributed by atoms with Gasteiger partial charge in [-0.1, -0.05) is 24.3 Å². The quantitative estimate of drug-likeness (QED) is 0.437. The molecule has 0 spiro atoms. The lowest BCUT2D eigenvalue weighted by molar-refractivity contribution is -0.117. The lowest BCUT2D eigenvalue weighted by atomic mass is 10.1. The topological polar surface area (TPSA) is 90.5 Å². The molecule has 3 amide bonds. The van der Waals surface area contributed by atoms with Crippen LogP contribution in [0, 0.1) is 5.82 Å². The maximum atomic E-state index is 13.1. The van der Waals surface area contributed by atoms with Crippen LogP contribution >= 0.6 is 0 Å². The Labute approximate surface area is 203 Å². The third kappa shape index (κ3) is 6.97. The maximum absolute atomic E-state index is 13.1. The summed E-state index contributed by atoms with van der Waals surface area (Å²) in [6.07, 6.45) is 2.08. The van der Waals surface area contributed by atoms with Crippen LogP contribution < -0.4 is 16.0 Å². The van der Waals surface area contributed by atoms with Crippen molar-refractivity contribution in [1.29, 1.82) is 0 Å². The van der Waals surface area contributed by atoms with Gasteiger partial charge < -0.3 is 16.0 Å². The highest BCUT2D eigenvalue weighted by molar-refractivity contribution is 6.10. The van der Waals surface area contributed by atoms with Crippen molar-refractivity contribution in [2.45, 2.75) is 25.4 Å². The molecule has 8 heteroatoms. The molecule has 180 valence electrons. The van der Waals surface area contributed by atoms with E-state index in [-0.39, 0.29) is 18.4 Å². The highest BCUT2D eigenvalue weighted by atomic mass is 19.1. The molecule has 1 fully saturated rings. The second-order valence-electron chi connectivity index (χ2n) is 8.67. The lowest BCUT2D eigenvalue weighted by Gasteiger charge is -2.17. The van der Waals surface area contributed by atoms with Gasteiger partial charge in [0, 0.05) is 23.8 Å². The van der Waals surface area contributed by atoms with E-state index in [4.69, 9.17) is 0 Å². The van der Waals surface area contributed by atoms with Crippen molar-refractivity contribution in [3.63, 3.8) is 0 Å². The van der Waals surface area contributed by atoms with Crippen LogP contribution in [0.25, 0.3) is 0 Å². The van der Waals surface area contributed by atoms with E-state index < -0.39 is 11.7 Å². The number of para-hydroxylation sites is 1. The summed E-state index contributed by atoms with van der Waals surface area (Å²) in [5.41, 5.74) is 2.73. The monoisotopic (exact) mass is 474 g/mol. The molecule has 3 aromatic carbocycles. The average Bonchev–Trinajstić information content (AvgIpc) is 3.65. The summed E-state index contributed by atoms with van der Waals surface area (Å²) in [5, 5.41) is 8.46. The van der Waals surface area contributed by atoms with Crippen LogP contribution in [0.1, 0.15) is 39.1 Å². The van der Waals surface area contributed by atoms with E-state index in [0.717, 1.165) is 18.4 Å². The zero-order valence-corrected chi connectivity index (χ0v) is 19.4. The fraction of sp³-hybridized carbons (Fsp3) is 0.222. The fourth-order valence-corrected chi connectivity index (χ4v) is 3.58. The van der Waals surface area contributed by atoms with Gasteiger partial charge in [-0.3, -0.25) is 19.3 Å². The number of carbonyl (C=O) groups excluding carboxylic acids is 3. The largest absolute Gasteiger partial charge is 0.349 e. The van der Waals surface area contributed by atoms with Crippen molar-refractivity contribution in [2.75, 3.05) is 24.2 Å². The molecule has 0 unspecified atom stereocenters. The minimum atomic E-state index is -0.410. The van der Waals surface area contributed by atoms with E-state index in [1.54, 1.807) is 36.4 Å². The van der Waals surface area contributed by atoms with Gasteiger partial charge in [-0.15, -0.1) is 0 Å². The molecular weight excluding hydrogens is 447 g/mol. The molecule has 0 heterocycles. The van der Waals surface area contributed by atoms with Gasteiger partial charge in [-0.05, 0) is 74.0 Å². The van der Waals surface area contributed by atoms with E-state index in [0.29, 0.717) is 35.1 Å². The van der Waals surface area contributed by atoms with Gasteiger partial charge in [-0.2, -0.15) is 0 Å². The second-order valence-corrected chi connectivity index (χ2v) is 8.67. The molecule has 1 aliphatic carbocycles. The molecule has 0 aliphatic heterocycles. The third-order valence-electron chi connectivity index (χ3n) is 5.54. The van der Waals surface area contributed by atoms with Crippen molar-refractivity contribution in [1.82, 2.24) is 10.2 Å². The van der Waals surface area contributed by atoms with Crippen molar-refractivity contribution < 1.29 is 18.8 Å². The van der Waals surface area contributed by atoms with Crippen LogP contribution in [0.15, 0.2) is 72.8 Å². The minimum Gasteiger partial charge on any atom is -0.349 e.